The van der Waals surface area contributed by atoms with Crippen LogP contribution < -0.4 is 16.4 Å². The lowest BCUT2D eigenvalue weighted by atomic mass is 10.1. The van der Waals surface area contributed by atoms with Gasteiger partial charge in [0.25, 0.3) is 5.91 Å². The minimum Gasteiger partial charge on any atom is -0.368 e. The van der Waals surface area contributed by atoms with Crippen molar-refractivity contribution in [2.75, 3.05) is 16.4 Å². The van der Waals surface area contributed by atoms with Gasteiger partial charge in [0.15, 0.2) is 0 Å². The second-order valence-corrected chi connectivity index (χ2v) is 6.65. The number of benzene rings is 3. The van der Waals surface area contributed by atoms with Gasteiger partial charge in [-0.15, -0.1) is 0 Å². The summed E-state index contributed by atoms with van der Waals surface area (Å²) in [5, 5.41) is 6.22. The highest BCUT2D eigenvalue weighted by molar-refractivity contribution is 6.08. The summed E-state index contributed by atoms with van der Waals surface area (Å²) in [6, 6.07) is 24.4. The number of rotatable bonds is 4. The van der Waals surface area contributed by atoms with Gasteiger partial charge in [-0.25, -0.2) is 9.97 Å². The van der Waals surface area contributed by atoms with E-state index >= 15 is 0 Å². The van der Waals surface area contributed by atoms with Crippen LogP contribution in [0, 0.1) is 11.8 Å². The molecule has 0 aliphatic heterocycles. The second kappa shape index (κ2) is 9.25. The molecule has 3 aromatic carbocycles. The van der Waals surface area contributed by atoms with Crippen LogP contribution in [0.4, 0.5) is 23.0 Å². The fourth-order valence-corrected chi connectivity index (χ4v) is 2.85. The molecule has 4 rings (SSSR count). The van der Waals surface area contributed by atoms with Crippen LogP contribution in [-0.4, -0.2) is 15.9 Å². The normalized spacial score (nSPS) is 9.94. The quantitative estimate of drug-likeness (QED) is 0.436. The van der Waals surface area contributed by atoms with E-state index in [9.17, 15) is 4.79 Å². The van der Waals surface area contributed by atoms with Gasteiger partial charge in [0.05, 0.1) is 16.8 Å². The zero-order chi connectivity index (χ0) is 21.5. The molecule has 31 heavy (non-hydrogen) atoms. The zero-order valence-corrected chi connectivity index (χ0v) is 16.5. The summed E-state index contributed by atoms with van der Waals surface area (Å²) < 4.78 is 0. The summed E-state index contributed by atoms with van der Waals surface area (Å²) >= 11 is 0. The van der Waals surface area contributed by atoms with Crippen molar-refractivity contribution < 1.29 is 4.79 Å². The number of carbonyl (C=O) groups excluding carboxylic acids is 1. The summed E-state index contributed by atoms with van der Waals surface area (Å²) in [4.78, 5) is 20.7. The Balaban J connectivity index is 1.45. The van der Waals surface area contributed by atoms with Crippen molar-refractivity contribution in [3.05, 3.63) is 108 Å². The molecule has 4 aromatic rings. The van der Waals surface area contributed by atoms with E-state index in [0.717, 1.165) is 16.9 Å². The van der Waals surface area contributed by atoms with Crippen molar-refractivity contribution in [3.8, 4) is 11.8 Å². The number of nitrogens with zero attached hydrogens (tertiary/aromatic N) is 2. The van der Waals surface area contributed by atoms with Gasteiger partial charge in [-0.2, -0.15) is 0 Å². The van der Waals surface area contributed by atoms with E-state index in [1.807, 2.05) is 72.8 Å². The first-order chi connectivity index (χ1) is 15.2. The van der Waals surface area contributed by atoms with E-state index < -0.39 is 0 Å². The highest BCUT2D eigenvalue weighted by atomic mass is 16.1. The molecular weight excluding hydrogens is 386 g/mol. The number of aromatic nitrogens is 2. The molecule has 1 heterocycles. The smallest absolute Gasteiger partial charge is 0.257 e. The van der Waals surface area contributed by atoms with Gasteiger partial charge >= 0.3 is 0 Å². The van der Waals surface area contributed by atoms with Crippen LogP contribution in [0.3, 0.4) is 0 Å². The monoisotopic (exact) mass is 405 g/mol. The summed E-state index contributed by atoms with van der Waals surface area (Å²) in [5.41, 5.74) is 9.84. The Hall–Kier alpha value is -4.63. The third-order valence-electron chi connectivity index (χ3n) is 4.39. The van der Waals surface area contributed by atoms with E-state index in [-0.39, 0.29) is 11.9 Å². The van der Waals surface area contributed by atoms with E-state index in [2.05, 4.69) is 32.4 Å². The number of hydrogen-bond donors (Lipinski definition) is 3. The number of para-hydroxylation sites is 2. The lowest BCUT2D eigenvalue weighted by Crippen LogP contribution is -2.13. The fraction of sp³-hybridized carbons (Fsp3) is 0. The number of amides is 1. The highest BCUT2D eigenvalue weighted by Crippen LogP contribution is 2.22. The Kier molecular flexibility index (Phi) is 5.87. The zero-order valence-electron chi connectivity index (χ0n) is 16.5. The third kappa shape index (κ3) is 5.25. The summed E-state index contributed by atoms with van der Waals surface area (Å²) in [6.07, 6.45) is 3.15. The van der Waals surface area contributed by atoms with Crippen molar-refractivity contribution in [2.45, 2.75) is 0 Å². The molecule has 0 saturated carbocycles. The van der Waals surface area contributed by atoms with Gasteiger partial charge in [0, 0.05) is 29.3 Å². The summed E-state index contributed by atoms with van der Waals surface area (Å²) in [7, 11) is 0. The fourth-order valence-electron chi connectivity index (χ4n) is 2.85. The van der Waals surface area contributed by atoms with Crippen molar-refractivity contribution in [1.29, 1.82) is 0 Å². The Morgan fingerprint density at radius 3 is 2.13 bits per heavy atom. The molecule has 1 amide bonds. The molecule has 0 atom stereocenters. The van der Waals surface area contributed by atoms with Gasteiger partial charge in [-0.3, -0.25) is 4.79 Å². The maximum absolute atomic E-state index is 12.8. The van der Waals surface area contributed by atoms with Crippen LogP contribution in [0.2, 0.25) is 0 Å². The van der Waals surface area contributed by atoms with Crippen LogP contribution in [0.25, 0.3) is 0 Å². The van der Waals surface area contributed by atoms with Gasteiger partial charge in [-0.1, -0.05) is 42.2 Å². The molecule has 6 heteroatoms. The second-order valence-electron chi connectivity index (χ2n) is 6.65. The minimum atomic E-state index is -0.197. The van der Waals surface area contributed by atoms with E-state index in [1.54, 1.807) is 18.5 Å². The molecule has 0 aliphatic rings. The maximum atomic E-state index is 12.8. The molecule has 4 N–H and O–H groups in total. The molecule has 6 nitrogen and oxygen atoms in total. The standard InChI is InChI=1S/C25H19N5O/c26-25-27-16-19(17-28-25)11-10-18-12-14-21(15-13-18)30-24(31)22-8-4-5-9-23(22)29-20-6-2-1-3-7-20/h1-9,12-17,29H,(H,30,31)(H2,26,27,28). The van der Waals surface area contributed by atoms with Crippen molar-refractivity contribution in [2.24, 2.45) is 0 Å². The Bertz CT molecular complexity index is 1240. The SMILES string of the molecule is Nc1ncc(C#Cc2ccc(NC(=O)c3ccccc3Nc3ccccc3)cc2)cn1. The van der Waals surface area contributed by atoms with E-state index in [0.29, 0.717) is 16.8 Å². The van der Waals surface area contributed by atoms with Crippen LogP contribution in [-0.2, 0) is 0 Å². The third-order valence-corrected chi connectivity index (χ3v) is 4.39. The first-order valence-corrected chi connectivity index (χ1v) is 9.59. The molecule has 0 aliphatic carbocycles. The molecule has 0 fully saturated rings. The minimum absolute atomic E-state index is 0.197. The number of nitrogen functional groups attached to an aromatic ring is 1. The maximum Gasteiger partial charge on any atom is 0.257 e. The number of hydrogen-bond acceptors (Lipinski definition) is 5. The van der Waals surface area contributed by atoms with Gasteiger partial charge in [0.2, 0.25) is 5.95 Å². The molecule has 0 unspecified atom stereocenters. The first kappa shape index (κ1) is 19.7. The Morgan fingerprint density at radius 2 is 1.39 bits per heavy atom. The lowest BCUT2D eigenvalue weighted by molar-refractivity contribution is 0.102. The van der Waals surface area contributed by atoms with Crippen molar-refractivity contribution >= 4 is 28.9 Å². The average Bonchev–Trinajstić information content (AvgIpc) is 2.81. The van der Waals surface area contributed by atoms with Gasteiger partial charge in [0.1, 0.15) is 0 Å². The first-order valence-electron chi connectivity index (χ1n) is 9.59. The largest absolute Gasteiger partial charge is 0.368 e. The Labute approximate surface area is 180 Å². The summed E-state index contributed by atoms with van der Waals surface area (Å²) in [5.74, 6) is 6.03. The van der Waals surface area contributed by atoms with Crippen LogP contribution in [0.5, 0.6) is 0 Å². The van der Waals surface area contributed by atoms with E-state index in [4.69, 9.17) is 5.73 Å². The molecular formula is C25H19N5O. The molecule has 1 aromatic heterocycles. The topological polar surface area (TPSA) is 92.9 Å². The van der Waals surface area contributed by atoms with Crippen LogP contribution >= 0.6 is 0 Å². The number of nitrogens with one attached hydrogen (secondary N) is 2. The number of anilines is 4. The number of nitrogens with two attached hydrogens (primary N) is 1. The Morgan fingerprint density at radius 1 is 0.742 bits per heavy atom. The van der Waals surface area contributed by atoms with Crippen LogP contribution in [0.1, 0.15) is 21.5 Å². The molecule has 0 bridgehead atoms. The predicted octanol–water partition coefficient (Wildman–Crippen LogP) is 4.45. The van der Waals surface area contributed by atoms with Gasteiger partial charge in [-0.05, 0) is 48.5 Å². The lowest BCUT2D eigenvalue weighted by Gasteiger charge is -2.12. The molecule has 0 radical (unpaired) electrons. The number of carbonyl (C=O) groups is 1. The van der Waals surface area contributed by atoms with Crippen molar-refractivity contribution in [3.63, 3.8) is 0 Å². The summed E-state index contributed by atoms with van der Waals surface area (Å²) in [6.45, 7) is 0. The van der Waals surface area contributed by atoms with Gasteiger partial charge < -0.3 is 16.4 Å². The predicted molar refractivity (Wildman–Crippen MR) is 123 cm³/mol. The molecule has 0 spiro atoms. The van der Waals surface area contributed by atoms with Crippen molar-refractivity contribution in [1.82, 2.24) is 9.97 Å². The average molecular weight is 405 g/mol. The highest BCUT2D eigenvalue weighted by Gasteiger charge is 2.11. The van der Waals surface area contributed by atoms with E-state index in [1.165, 1.54) is 0 Å². The molecule has 150 valence electrons. The molecule has 0 saturated heterocycles. The van der Waals surface area contributed by atoms with Crippen LogP contribution in [0.15, 0.2) is 91.3 Å².